The van der Waals surface area contributed by atoms with Crippen molar-refractivity contribution in [3.8, 4) is 5.69 Å². The largest absolute Gasteiger partial charge is 0.416 e. The van der Waals surface area contributed by atoms with Crippen LogP contribution in [0.1, 0.15) is 18.1 Å². The number of aromatic nitrogens is 1. The highest BCUT2D eigenvalue weighted by Gasteiger charge is 2.33. The fourth-order valence-electron chi connectivity index (χ4n) is 5.22. The zero-order chi connectivity index (χ0) is 26.2. The lowest BCUT2D eigenvalue weighted by Crippen LogP contribution is -2.54. The lowest BCUT2D eigenvalue weighted by atomic mass is 9.98. The summed E-state index contributed by atoms with van der Waals surface area (Å²) >= 11 is 0. The molecule has 5 rings (SSSR count). The van der Waals surface area contributed by atoms with Gasteiger partial charge < -0.3 is 19.7 Å². The third kappa shape index (κ3) is 5.48. The first-order valence-corrected chi connectivity index (χ1v) is 13.0. The van der Waals surface area contributed by atoms with Crippen LogP contribution in [0.2, 0.25) is 0 Å². The molecule has 1 amide bonds. The van der Waals surface area contributed by atoms with Crippen molar-refractivity contribution in [1.82, 2.24) is 19.7 Å². The smallest absolute Gasteiger partial charge is 0.370 e. The second-order valence-corrected chi connectivity index (χ2v) is 10.2. The summed E-state index contributed by atoms with van der Waals surface area (Å²) in [6.07, 6.45) is -1.80. The first kappa shape index (κ1) is 25.6. The molecule has 0 atom stereocenters. The number of halogens is 3. The summed E-state index contributed by atoms with van der Waals surface area (Å²) < 4.78 is 41.8. The second kappa shape index (κ2) is 10.4. The van der Waals surface area contributed by atoms with Crippen LogP contribution >= 0.6 is 0 Å². The highest BCUT2D eigenvalue weighted by Crippen LogP contribution is 2.35. The molecule has 1 N–H and O–H groups in total. The van der Waals surface area contributed by atoms with Crippen LogP contribution < -0.4 is 10.2 Å². The normalized spacial score (nSPS) is 17.8. The Morgan fingerprint density at radius 3 is 2.46 bits per heavy atom. The Kier molecular flexibility index (Phi) is 7.18. The molecule has 2 aliphatic rings. The fraction of sp³-hybridized carbons (Fsp3) is 0.464. The number of carbonyl (C=O) groups excluding carboxylic acids is 1. The van der Waals surface area contributed by atoms with Crippen LogP contribution in [0.3, 0.4) is 0 Å². The van der Waals surface area contributed by atoms with E-state index in [-0.39, 0.29) is 11.8 Å². The van der Waals surface area contributed by atoms with Crippen molar-refractivity contribution < 1.29 is 18.0 Å². The van der Waals surface area contributed by atoms with E-state index in [1.165, 1.54) is 6.07 Å². The molecule has 3 heterocycles. The average Bonchev–Trinajstić information content (AvgIpc) is 3.22. The number of likely N-dealkylation sites (N-methyl/N-ethyl adjacent to an activating group) is 1. The molecule has 1 aromatic heterocycles. The van der Waals surface area contributed by atoms with Gasteiger partial charge in [-0.2, -0.15) is 13.2 Å². The molecule has 2 aliphatic heterocycles. The van der Waals surface area contributed by atoms with Gasteiger partial charge >= 0.3 is 6.18 Å². The molecule has 0 spiro atoms. The summed E-state index contributed by atoms with van der Waals surface area (Å²) in [5.41, 5.74) is 2.90. The number of rotatable bonds is 7. The van der Waals surface area contributed by atoms with Gasteiger partial charge in [0, 0.05) is 75.3 Å². The van der Waals surface area contributed by atoms with Gasteiger partial charge in [0.05, 0.1) is 17.0 Å². The van der Waals surface area contributed by atoms with Gasteiger partial charge in [-0.25, -0.2) is 0 Å². The SMILES string of the molecule is CCc1cn(-c2cccc(N3CC(C(=O)NCCN4CCN(C)CC4)C3)c2)c2ccc(C(F)(F)F)cc12. The number of amides is 1. The topological polar surface area (TPSA) is 43.8 Å². The van der Waals surface area contributed by atoms with E-state index in [1.807, 2.05) is 42.0 Å². The Labute approximate surface area is 215 Å². The van der Waals surface area contributed by atoms with Gasteiger partial charge in [0.2, 0.25) is 5.91 Å². The molecule has 3 aromatic rings. The molecular formula is C28H34F3N5O. The van der Waals surface area contributed by atoms with Gasteiger partial charge in [0.25, 0.3) is 0 Å². The molecule has 0 bridgehead atoms. The number of aryl methyl sites for hydroxylation is 1. The number of anilines is 1. The molecule has 0 saturated carbocycles. The average molecular weight is 514 g/mol. The number of hydrogen-bond donors (Lipinski definition) is 1. The molecule has 2 aromatic carbocycles. The summed E-state index contributed by atoms with van der Waals surface area (Å²) in [7, 11) is 2.13. The molecule has 198 valence electrons. The van der Waals surface area contributed by atoms with E-state index in [0.717, 1.165) is 61.2 Å². The predicted molar refractivity (Wildman–Crippen MR) is 140 cm³/mol. The van der Waals surface area contributed by atoms with E-state index in [9.17, 15) is 18.0 Å². The van der Waals surface area contributed by atoms with Gasteiger partial charge in [-0.3, -0.25) is 9.69 Å². The van der Waals surface area contributed by atoms with E-state index in [0.29, 0.717) is 31.4 Å². The van der Waals surface area contributed by atoms with Gasteiger partial charge in [0.1, 0.15) is 0 Å². The van der Waals surface area contributed by atoms with Gasteiger partial charge in [0.15, 0.2) is 0 Å². The van der Waals surface area contributed by atoms with E-state index in [2.05, 4.69) is 27.1 Å². The molecule has 6 nitrogen and oxygen atoms in total. The molecule has 2 saturated heterocycles. The van der Waals surface area contributed by atoms with Crippen molar-refractivity contribution in [2.24, 2.45) is 5.92 Å². The van der Waals surface area contributed by atoms with Crippen LogP contribution in [0.15, 0.2) is 48.7 Å². The van der Waals surface area contributed by atoms with Crippen LogP contribution in [0, 0.1) is 5.92 Å². The number of nitrogens with zero attached hydrogens (tertiary/aromatic N) is 4. The van der Waals surface area contributed by atoms with Gasteiger partial charge in [-0.15, -0.1) is 0 Å². The van der Waals surface area contributed by atoms with Gasteiger partial charge in [-0.05, 0) is 55.4 Å². The third-order valence-electron chi connectivity index (χ3n) is 7.64. The molecule has 2 fully saturated rings. The van der Waals surface area contributed by atoms with Crippen LogP contribution in [0.5, 0.6) is 0 Å². The monoisotopic (exact) mass is 513 g/mol. The summed E-state index contributed by atoms with van der Waals surface area (Å²) in [4.78, 5) is 19.5. The highest BCUT2D eigenvalue weighted by atomic mass is 19.4. The number of hydrogen-bond acceptors (Lipinski definition) is 4. The number of carbonyl (C=O) groups is 1. The minimum Gasteiger partial charge on any atom is -0.370 e. The molecule has 9 heteroatoms. The Morgan fingerprint density at radius 1 is 1.03 bits per heavy atom. The number of nitrogens with one attached hydrogen (secondary N) is 1. The summed E-state index contributed by atoms with van der Waals surface area (Å²) in [5, 5.41) is 3.72. The molecular weight excluding hydrogens is 479 g/mol. The molecule has 37 heavy (non-hydrogen) atoms. The van der Waals surface area contributed by atoms with Crippen molar-refractivity contribution in [2.75, 3.05) is 64.3 Å². The van der Waals surface area contributed by atoms with Crippen molar-refractivity contribution in [3.63, 3.8) is 0 Å². The molecule has 0 aliphatic carbocycles. The van der Waals surface area contributed by atoms with Crippen LogP contribution in [0.4, 0.5) is 18.9 Å². The predicted octanol–water partition coefficient (Wildman–Crippen LogP) is 4.01. The fourth-order valence-corrected chi connectivity index (χ4v) is 5.22. The van der Waals surface area contributed by atoms with Crippen molar-refractivity contribution in [2.45, 2.75) is 19.5 Å². The number of alkyl halides is 3. The third-order valence-corrected chi connectivity index (χ3v) is 7.64. The Balaban J connectivity index is 1.22. The lowest BCUT2D eigenvalue weighted by molar-refractivity contribution is -0.137. The van der Waals surface area contributed by atoms with Crippen molar-refractivity contribution in [3.05, 3.63) is 59.8 Å². The van der Waals surface area contributed by atoms with E-state index in [4.69, 9.17) is 0 Å². The lowest BCUT2D eigenvalue weighted by Gasteiger charge is -2.40. The maximum absolute atomic E-state index is 13.3. The highest BCUT2D eigenvalue weighted by molar-refractivity contribution is 5.87. The Hall–Kier alpha value is -3.04. The minimum atomic E-state index is -4.37. The van der Waals surface area contributed by atoms with E-state index >= 15 is 0 Å². The summed E-state index contributed by atoms with van der Waals surface area (Å²) in [6, 6.07) is 11.9. The first-order valence-electron chi connectivity index (χ1n) is 13.0. The van der Waals surface area contributed by atoms with Gasteiger partial charge in [-0.1, -0.05) is 13.0 Å². The molecule has 0 unspecified atom stereocenters. The zero-order valence-corrected chi connectivity index (χ0v) is 21.4. The van der Waals surface area contributed by atoms with E-state index < -0.39 is 11.7 Å². The zero-order valence-electron chi connectivity index (χ0n) is 21.4. The number of piperazine rings is 1. The summed E-state index contributed by atoms with van der Waals surface area (Å²) in [5.74, 6) is 0.0713. The van der Waals surface area contributed by atoms with E-state index in [1.54, 1.807) is 6.07 Å². The van der Waals surface area contributed by atoms with Crippen LogP contribution in [-0.2, 0) is 17.4 Å². The van der Waals surface area contributed by atoms with Crippen LogP contribution in [0.25, 0.3) is 16.6 Å². The Bertz CT molecular complexity index is 1260. The number of fused-ring (bicyclic) bond motifs is 1. The van der Waals surface area contributed by atoms with Crippen LogP contribution in [-0.4, -0.2) is 79.7 Å². The maximum atomic E-state index is 13.3. The standard InChI is InChI=1S/C28H34F3N5O/c1-3-20-19-36(26-8-7-22(15-25(20)26)28(29,30)31)24-6-4-5-23(16-24)35-17-21(18-35)27(37)32-9-10-34-13-11-33(2)12-14-34/h4-8,15-16,19,21H,3,9-14,17-18H2,1-2H3,(H,32,37). The van der Waals surface area contributed by atoms with Crippen molar-refractivity contribution >= 4 is 22.5 Å². The minimum absolute atomic E-state index is 0.0314. The quantitative estimate of drug-likeness (QED) is 0.519. The number of benzene rings is 2. The Morgan fingerprint density at radius 2 is 1.76 bits per heavy atom. The maximum Gasteiger partial charge on any atom is 0.416 e. The van der Waals surface area contributed by atoms with Crippen molar-refractivity contribution in [1.29, 1.82) is 0 Å². The molecule has 0 radical (unpaired) electrons. The second-order valence-electron chi connectivity index (χ2n) is 10.2. The first-order chi connectivity index (χ1) is 17.7. The summed E-state index contributed by atoms with van der Waals surface area (Å²) in [6.45, 7) is 9.04.